The first-order valence-corrected chi connectivity index (χ1v) is 8.40. The number of hydrogen-bond acceptors (Lipinski definition) is 3. The Kier molecular flexibility index (Phi) is 6.69. The fourth-order valence-electron chi connectivity index (χ4n) is 2.85. The molecule has 1 aromatic rings. The van der Waals surface area contributed by atoms with Gasteiger partial charge in [0.25, 0.3) is 5.91 Å². The number of amides is 2. The van der Waals surface area contributed by atoms with Crippen molar-refractivity contribution in [2.24, 2.45) is 0 Å². The first-order valence-electron chi connectivity index (χ1n) is 8.40. The summed E-state index contributed by atoms with van der Waals surface area (Å²) in [4.78, 5) is 26.5. The van der Waals surface area contributed by atoms with Gasteiger partial charge >= 0.3 is 6.09 Å². The molecule has 1 aliphatic heterocycles. The van der Waals surface area contributed by atoms with Crippen LogP contribution in [0, 0.1) is 11.6 Å². The van der Waals surface area contributed by atoms with Crippen LogP contribution in [0.5, 0.6) is 0 Å². The van der Waals surface area contributed by atoms with Gasteiger partial charge in [-0.1, -0.05) is 6.07 Å². The lowest BCUT2D eigenvalue weighted by Crippen LogP contribution is -3.15. The Morgan fingerprint density at radius 1 is 1.32 bits per heavy atom. The van der Waals surface area contributed by atoms with Crippen LogP contribution in [0.4, 0.5) is 13.6 Å². The number of quaternary nitrogens is 1. The summed E-state index contributed by atoms with van der Waals surface area (Å²) in [5, 5.41) is 2.73. The van der Waals surface area contributed by atoms with E-state index in [2.05, 4.69) is 5.32 Å². The van der Waals surface area contributed by atoms with Crippen LogP contribution in [0.25, 0.3) is 0 Å². The molecule has 138 valence electrons. The normalized spacial score (nSPS) is 16.4. The molecule has 2 N–H and O–H groups in total. The maximum Gasteiger partial charge on any atom is 0.410 e. The minimum Gasteiger partial charge on any atom is -0.450 e. The highest BCUT2D eigenvalue weighted by molar-refractivity contribution is 5.77. The van der Waals surface area contributed by atoms with Crippen molar-refractivity contribution >= 4 is 12.0 Å². The van der Waals surface area contributed by atoms with Gasteiger partial charge in [-0.2, -0.15) is 0 Å². The third-order valence-electron chi connectivity index (χ3n) is 4.21. The fraction of sp³-hybridized carbons (Fsp3) is 0.529. The number of rotatable bonds is 5. The van der Waals surface area contributed by atoms with Crippen molar-refractivity contribution in [2.75, 3.05) is 39.3 Å². The van der Waals surface area contributed by atoms with Gasteiger partial charge in [0.05, 0.1) is 38.8 Å². The van der Waals surface area contributed by atoms with Crippen molar-refractivity contribution in [1.29, 1.82) is 0 Å². The van der Waals surface area contributed by atoms with E-state index in [9.17, 15) is 18.4 Å². The third kappa shape index (κ3) is 5.38. The van der Waals surface area contributed by atoms with Crippen LogP contribution in [0.3, 0.4) is 0 Å². The summed E-state index contributed by atoms with van der Waals surface area (Å²) in [5.74, 6) is -1.54. The van der Waals surface area contributed by atoms with Crippen LogP contribution in [-0.2, 0) is 9.53 Å². The SMILES string of the molecule is CCOC(=O)N1CC[NH+](CC(=O)N[C@@H](C)c2ccc(F)cc2F)CC1. The van der Waals surface area contributed by atoms with E-state index in [1.54, 1.807) is 18.7 Å². The van der Waals surface area contributed by atoms with Gasteiger partial charge in [0.15, 0.2) is 6.54 Å². The Hall–Kier alpha value is -2.22. The van der Waals surface area contributed by atoms with Gasteiger partial charge in [-0.25, -0.2) is 13.6 Å². The number of carbonyl (C=O) groups is 2. The molecule has 25 heavy (non-hydrogen) atoms. The van der Waals surface area contributed by atoms with Crippen LogP contribution in [0.1, 0.15) is 25.5 Å². The van der Waals surface area contributed by atoms with Crippen molar-refractivity contribution < 1.29 is 28.0 Å². The molecule has 0 spiro atoms. The predicted octanol–water partition coefficient (Wildman–Crippen LogP) is 0.499. The molecular weight excluding hydrogens is 332 g/mol. The van der Waals surface area contributed by atoms with Crippen LogP contribution >= 0.6 is 0 Å². The summed E-state index contributed by atoms with van der Waals surface area (Å²) in [6, 6.07) is 2.76. The van der Waals surface area contributed by atoms with E-state index >= 15 is 0 Å². The average Bonchev–Trinajstić information content (AvgIpc) is 2.55. The fourth-order valence-corrected chi connectivity index (χ4v) is 2.85. The molecule has 0 aliphatic carbocycles. The number of piperazine rings is 1. The topological polar surface area (TPSA) is 63.1 Å². The average molecular weight is 356 g/mol. The van der Waals surface area contributed by atoms with Gasteiger partial charge in [-0.05, 0) is 19.9 Å². The first kappa shape index (κ1) is 19.1. The van der Waals surface area contributed by atoms with Gasteiger partial charge in [0.1, 0.15) is 11.6 Å². The van der Waals surface area contributed by atoms with E-state index in [0.717, 1.165) is 11.0 Å². The number of nitrogens with one attached hydrogen (secondary N) is 2. The molecule has 0 saturated carbocycles. The second kappa shape index (κ2) is 8.75. The molecule has 1 heterocycles. The van der Waals surface area contributed by atoms with Gasteiger partial charge in [0, 0.05) is 11.6 Å². The first-order chi connectivity index (χ1) is 11.9. The van der Waals surface area contributed by atoms with E-state index in [-0.39, 0.29) is 24.1 Å². The Morgan fingerprint density at radius 2 is 2.00 bits per heavy atom. The zero-order valence-electron chi connectivity index (χ0n) is 14.5. The minimum absolute atomic E-state index is 0.212. The van der Waals surface area contributed by atoms with Crippen LogP contribution in [0.15, 0.2) is 18.2 Å². The number of benzene rings is 1. The Labute approximate surface area is 145 Å². The van der Waals surface area contributed by atoms with E-state index in [0.29, 0.717) is 32.8 Å². The number of halogens is 2. The van der Waals surface area contributed by atoms with Gasteiger partial charge < -0.3 is 15.0 Å². The molecular formula is C17H24F2N3O3+. The van der Waals surface area contributed by atoms with E-state index in [4.69, 9.17) is 4.74 Å². The van der Waals surface area contributed by atoms with Gasteiger partial charge in [0.2, 0.25) is 0 Å². The molecule has 1 aliphatic rings. The summed E-state index contributed by atoms with van der Waals surface area (Å²) in [5.41, 5.74) is 0.247. The second-order valence-corrected chi connectivity index (χ2v) is 6.07. The standard InChI is InChI=1S/C17H23F2N3O3/c1-3-25-17(24)22-8-6-21(7-9-22)11-16(23)20-12(2)14-5-4-13(18)10-15(14)19/h4-5,10,12H,3,6-9,11H2,1-2H3,(H,20,23)/p+1/t12-/m0/s1. The Morgan fingerprint density at radius 3 is 2.60 bits per heavy atom. The number of nitrogens with zero attached hydrogens (tertiary/aromatic N) is 1. The predicted molar refractivity (Wildman–Crippen MR) is 87.1 cm³/mol. The monoisotopic (exact) mass is 356 g/mol. The van der Waals surface area contributed by atoms with Crippen molar-refractivity contribution in [2.45, 2.75) is 19.9 Å². The molecule has 0 bridgehead atoms. The molecule has 2 rings (SSSR count). The summed E-state index contributed by atoms with van der Waals surface area (Å²) in [7, 11) is 0. The molecule has 8 heteroatoms. The van der Waals surface area contributed by atoms with Crippen LogP contribution in [-0.4, -0.2) is 56.2 Å². The molecule has 0 aromatic heterocycles. The molecule has 1 fully saturated rings. The smallest absolute Gasteiger partial charge is 0.410 e. The number of carbonyl (C=O) groups excluding carboxylic acids is 2. The Bertz CT molecular complexity index is 619. The maximum atomic E-state index is 13.7. The van der Waals surface area contributed by atoms with Crippen molar-refractivity contribution in [3.05, 3.63) is 35.4 Å². The van der Waals surface area contributed by atoms with Gasteiger partial charge in [-0.3, -0.25) is 9.69 Å². The zero-order valence-corrected chi connectivity index (χ0v) is 14.5. The molecule has 6 nitrogen and oxygen atoms in total. The highest BCUT2D eigenvalue weighted by Gasteiger charge is 2.26. The zero-order chi connectivity index (χ0) is 18.4. The maximum absolute atomic E-state index is 13.7. The summed E-state index contributed by atoms with van der Waals surface area (Å²) in [6.45, 7) is 6.34. The second-order valence-electron chi connectivity index (χ2n) is 6.07. The lowest BCUT2D eigenvalue weighted by molar-refractivity contribution is -0.896. The molecule has 1 aromatic carbocycles. The van der Waals surface area contributed by atoms with E-state index in [1.807, 2.05) is 0 Å². The van der Waals surface area contributed by atoms with E-state index in [1.165, 1.54) is 12.1 Å². The molecule has 2 amide bonds. The van der Waals surface area contributed by atoms with Gasteiger partial charge in [-0.15, -0.1) is 0 Å². The summed E-state index contributed by atoms with van der Waals surface area (Å²) >= 11 is 0. The lowest BCUT2D eigenvalue weighted by Gasteiger charge is -2.31. The van der Waals surface area contributed by atoms with Crippen molar-refractivity contribution in [1.82, 2.24) is 10.2 Å². The van der Waals surface area contributed by atoms with Crippen molar-refractivity contribution in [3.8, 4) is 0 Å². The Balaban J connectivity index is 1.80. The highest BCUT2D eigenvalue weighted by atomic mass is 19.1. The molecule has 0 unspecified atom stereocenters. The minimum atomic E-state index is -0.678. The summed E-state index contributed by atoms with van der Waals surface area (Å²) in [6.07, 6.45) is -0.327. The van der Waals surface area contributed by atoms with Crippen LogP contribution < -0.4 is 10.2 Å². The molecule has 1 atom stereocenters. The van der Waals surface area contributed by atoms with E-state index < -0.39 is 17.7 Å². The highest BCUT2D eigenvalue weighted by Crippen LogP contribution is 2.17. The van der Waals surface area contributed by atoms with Crippen molar-refractivity contribution in [3.63, 3.8) is 0 Å². The largest absolute Gasteiger partial charge is 0.450 e. The third-order valence-corrected chi connectivity index (χ3v) is 4.21. The quantitative estimate of drug-likeness (QED) is 0.808. The molecule has 1 saturated heterocycles. The number of ether oxygens (including phenoxy) is 1. The number of hydrogen-bond donors (Lipinski definition) is 2. The van der Waals surface area contributed by atoms with Crippen LogP contribution in [0.2, 0.25) is 0 Å². The molecule has 0 radical (unpaired) electrons. The lowest BCUT2D eigenvalue weighted by atomic mass is 10.1. The summed E-state index contributed by atoms with van der Waals surface area (Å²) < 4.78 is 31.7.